The molecule has 2 aromatic carbocycles. The molecular weight excluding hydrogens is 371 g/mol. The molecule has 0 radical (unpaired) electrons. The van der Waals surface area contributed by atoms with Crippen molar-refractivity contribution in [3.63, 3.8) is 0 Å². The second-order valence-corrected chi connectivity index (χ2v) is 6.15. The summed E-state index contributed by atoms with van der Waals surface area (Å²) >= 11 is 0. The predicted octanol–water partition coefficient (Wildman–Crippen LogP) is 3.89. The van der Waals surface area contributed by atoms with E-state index in [9.17, 15) is 4.39 Å². The van der Waals surface area contributed by atoms with Gasteiger partial charge < -0.3 is 20.1 Å². The number of hydrogen-bond donors (Lipinski definition) is 2. The van der Waals surface area contributed by atoms with Gasteiger partial charge in [-0.1, -0.05) is 24.3 Å². The summed E-state index contributed by atoms with van der Waals surface area (Å²) in [5, 5.41) is 6.39. The number of ether oxygens (including phenoxy) is 2. The molecule has 3 rings (SSSR count). The van der Waals surface area contributed by atoms with E-state index < -0.39 is 5.82 Å². The number of pyridine rings is 1. The molecule has 3 aromatic rings. The molecule has 0 atom stereocenters. The summed E-state index contributed by atoms with van der Waals surface area (Å²) < 4.78 is 25.2. The molecule has 0 fully saturated rings. The van der Waals surface area contributed by atoms with E-state index in [0.717, 1.165) is 16.9 Å². The van der Waals surface area contributed by atoms with Crippen LogP contribution in [-0.4, -0.2) is 25.1 Å². The maximum Gasteiger partial charge on any atom is 0.191 e. The van der Waals surface area contributed by atoms with E-state index in [4.69, 9.17) is 9.47 Å². The maximum absolute atomic E-state index is 14.4. The standard InChI is InChI=1S/C22H23FN4O2/c1-24-22(27-14-17-6-3-4-8-20(17)28-2)26-13-16-9-10-21(19(23)12-16)29-18-7-5-11-25-15-18/h3-12,15H,13-14H2,1-2H3,(H2,24,26,27). The first-order valence-corrected chi connectivity index (χ1v) is 9.12. The number of hydrogen-bond acceptors (Lipinski definition) is 4. The average Bonchev–Trinajstić information content (AvgIpc) is 2.76. The van der Waals surface area contributed by atoms with E-state index in [1.807, 2.05) is 24.3 Å². The van der Waals surface area contributed by atoms with Gasteiger partial charge in [0.1, 0.15) is 11.5 Å². The van der Waals surface area contributed by atoms with Gasteiger partial charge >= 0.3 is 0 Å². The monoisotopic (exact) mass is 394 g/mol. The van der Waals surface area contributed by atoms with Crippen molar-refractivity contribution in [3.8, 4) is 17.2 Å². The summed E-state index contributed by atoms with van der Waals surface area (Å²) in [4.78, 5) is 8.15. The summed E-state index contributed by atoms with van der Waals surface area (Å²) in [7, 11) is 3.32. The lowest BCUT2D eigenvalue weighted by Crippen LogP contribution is -2.36. The van der Waals surface area contributed by atoms with Crippen LogP contribution in [0, 0.1) is 5.82 Å². The van der Waals surface area contributed by atoms with Crippen molar-refractivity contribution in [1.82, 2.24) is 15.6 Å². The molecule has 1 aromatic heterocycles. The van der Waals surface area contributed by atoms with Crippen LogP contribution in [0.1, 0.15) is 11.1 Å². The van der Waals surface area contributed by atoms with Crippen molar-refractivity contribution >= 4 is 5.96 Å². The number of para-hydroxylation sites is 1. The largest absolute Gasteiger partial charge is 0.496 e. The lowest BCUT2D eigenvalue weighted by molar-refractivity contribution is 0.409. The zero-order chi connectivity index (χ0) is 20.5. The molecule has 0 aliphatic heterocycles. The van der Waals surface area contributed by atoms with Gasteiger partial charge in [0.05, 0.1) is 13.3 Å². The highest BCUT2D eigenvalue weighted by Crippen LogP contribution is 2.24. The highest BCUT2D eigenvalue weighted by molar-refractivity contribution is 5.79. The first kappa shape index (κ1) is 20.1. The van der Waals surface area contributed by atoms with Gasteiger partial charge in [0.15, 0.2) is 17.5 Å². The number of halogens is 1. The van der Waals surface area contributed by atoms with Crippen LogP contribution in [0.15, 0.2) is 72.0 Å². The minimum Gasteiger partial charge on any atom is -0.496 e. The lowest BCUT2D eigenvalue weighted by atomic mass is 10.2. The summed E-state index contributed by atoms with van der Waals surface area (Å²) in [5.74, 6) is 1.61. The molecule has 0 unspecified atom stereocenters. The Morgan fingerprint density at radius 3 is 2.59 bits per heavy atom. The molecule has 29 heavy (non-hydrogen) atoms. The van der Waals surface area contributed by atoms with Gasteiger partial charge in [0.25, 0.3) is 0 Å². The van der Waals surface area contributed by atoms with Crippen LogP contribution in [0.4, 0.5) is 4.39 Å². The third-order valence-corrected chi connectivity index (χ3v) is 4.18. The van der Waals surface area contributed by atoms with Gasteiger partial charge in [0, 0.05) is 31.9 Å². The Hall–Kier alpha value is -3.61. The molecule has 6 nitrogen and oxygen atoms in total. The van der Waals surface area contributed by atoms with Crippen LogP contribution in [-0.2, 0) is 13.1 Å². The van der Waals surface area contributed by atoms with E-state index in [1.165, 1.54) is 12.3 Å². The van der Waals surface area contributed by atoms with Gasteiger partial charge in [0.2, 0.25) is 0 Å². The Morgan fingerprint density at radius 2 is 1.86 bits per heavy atom. The highest BCUT2D eigenvalue weighted by atomic mass is 19.1. The van der Waals surface area contributed by atoms with E-state index >= 15 is 0 Å². The van der Waals surface area contributed by atoms with Crippen LogP contribution in [0.5, 0.6) is 17.2 Å². The average molecular weight is 394 g/mol. The molecule has 0 aliphatic carbocycles. The van der Waals surface area contributed by atoms with Crippen LogP contribution in [0.3, 0.4) is 0 Å². The molecule has 2 N–H and O–H groups in total. The van der Waals surface area contributed by atoms with Crippen molar-refractivity contribution in [1.29, 1.82) is 0 Å². The zero-order valence-corrected chi connectivity index (χ0v) is 16.4. The topological polar surface area (TPSA) is 67.8 Å². The maximum atomic E-state index is 14.4. The Kier molecular flexibility index (Phi) is 7.00. The Labute approximate surface area is 169 Å². The van der Waals surface area contributed by atoms with Gasteiger partial charge in [-0.3, -0.25) is 9.98 Å². The first-order valence-electron chi connectivity index (χ1n) is 9.12. The van der Waals surface area contributed by atoms with Crippen LogP contribution >= 0.6 is 0 Å². The van der Waals surface area contributed by atoms with Gasteiger partial charge in [-0.15, -0.1) is 0 Å². The molecule has 0 bridgehead atoms. The fraction of sp³-hybridized carbons (Fsp3) is 0.182. The second kappa shape index (κ2) is 10.1. The summed E-state index contributed by atoms with van der Waals surface area (Å²) in [6, 6.07) is 16.1. The summed E-state index contributed by atoms with van der Waals surface area (Å²) in [6.45, 7) is 0.964. The number of benzene rings is 2. The van der Waals surface area contributed by atoms with Gasteiger partial charge in [-0.25, -0.2) is 4.39 Å². The first-order chi connectivity index (χ1) is 14.2. The molecule has 1 heterocycles. The quantitative estimate of drug-likeness (QED) is 0.470. The molecular formula is C22H23FN4O2. The second-order valence-electron chi connectivity index (χ2n) is 6.15. The van der Waals surface area contributed by atoms with Crippen molar-refractivity contribution in [2.24, 2.45) is 4.99 Å². The molecule has 150 valence electrons. The van der Waals surface area contributed by atoms with Crippen molar-refractivity contribution in [2.45, 2.75) is 13.1 Å². The minimum absolute atomic E-state index is 0.153. The van der Waals surface area contributed by atoms with Gasteiger partial charge in [-0.05, 0) is 35.9 Å². The Balaban J connectivity index is 1.56. The highest BCUT2D eigenvalue weighted by Gasteiger charge is 2.08. The summed E-state index contributed by atoms with van der Waals surface area (Å²) in [5.41, 5.74) is 1.78. The Morgan fingerprint density at radius 1 is 1.03 bits per heavy atom. The van der Waals surface area contributed by atoms with Crippen LogP contribution < -0.4 is 20.1 Å². The van der Waals surface area contributed by atoms with Crippen molar-refractivity contribution in [3.05, 3.63) is 83.9 Å². The SMILES string of the molecule is CN=C(NCc1ccc(Oc2cccnc2)c(F)c1)NCc1ccccc1OC. The molecule has 0 spiro atoms. The number of rotatable bonds is 7. The predicted molar refractivity (Wildman–Crippen MR) is 111 cm³/mol. The normalized spacial score (nSPS) is 11.1. The molecule has 0 saturated carbocycles. The lowest BCUT2D eigenvalue weighted by Gasteiger charge is -2.14. The number of aliphatic imine (C=N–C) groups is 1. The molecule has 0 amide bonds. The molecule has 7 heteroatoms. The molecule has 0 saturated heterocycles. The van der Waals surface area contributed by atoms with E-state index in [2.05, 4.69) is 20.6 Å². The smallest absolute Gasteiger partial charge is 0.191 e. The Bertz CT molecular complexity index is 964. The molecule has 0 aliphatic rings. The van der Waals surface area contributed by atoms with Crippen LogP contribution in [0.2, 0.25) is 0 Å². The third-order valence-electron chi connectivity index (χ3n) is 4.18. The number of nitrogens with one attached hydrogen (secondary N) is 2. The number of nitrogens with zero attached hydrogens (tertiary/aromatic N) is 2. The van der Waals surface area contributed by atoms with Gasteiger partial charge in [-0.2, -0.15) is 0 Å². The fourth-order valence-corrected chi connectivity index (χ4v) is 2.71. The zero-order valence-electron chi connectivity index (χ0n) is 16.4. The van der Waals surface area contributed by atoms with Crippen molar-refractivity contribution < 1.29 is 13.9 Å². The number of methoxy groups -OCH3 is 1. The van der Waals surface area contributed by atoms with E-state index in [1.54, 1.807) is 44.6 Å². The summed E-state index contributed by atoms with van der Waals surface area (Å²) in [6.07, 6.45) is 3.17. The van der Waals surface area contributed by atoms with Crippen LogP contribution in [0.25, 0.3) is 0 Å². The fourth-order valence-electron chi connectivity index (χ4n) is 2.71. The number of guanidine groups is 1. The third kappa shape index (κ3) is 5.68. The number of aromatic nitrogens is 1. The van der Waals surface area contributed by atoms with Crippen molar-refractivity contribution in [2.75, 3.05) is 14.2 Å². The minimum atomic E-state index is -0.440. The van der Waals surface area contributed by atoms with E-state index in [0.29, 0.717) is 24.8 Å². The van der Waals surface area contributed by atoms with E-state index in [-0.39, 0.29) is 5.75 Å².